The van der Waals surface area contributed by atoms with Gasteiger partial charge in [-0.1, -0.05) is 31.4 Å². The molecule has 0 saturated heterocycles. The minimum Gasteiger partial charge on any atom is -0.491 e. The molecular weight excluding hydrogens is 262 g/mol. The highest BCUT2D eigenvalue weighted by atomic mass is 16.5. The summed E-state index contributed by atoms with van der Waals surface area (Å²) in [7, 11) is 0. The highest BCUT2D eigenvalue weighted by Gasteiger charge is 2.16. The Hall–Kier alpha value is -1.51. The molecule has 0 bridgehead atoms. The third-order valence-corrected chi connectivity index (χ3v) is 3.98. The lowest BCUT2D eigenvalue weighted by Crippen LogP contribution is -2.25. The molecule has 0 aromatic heterocycles. The summed E-state index contributed by atoms with van der Waals surface area (Å²) in [4.78, 5) is 12.0. The van der Waals surface area contributed by atoms with Crippen LogP contribution in [0.3, 0.4) is 0 Å². The number of carbonyl (C=O) groups excluding carboxylic acids is 1. The van der Waals surface area contributed by atoms with E-state index in [0.29, 0.717) is 18.9 Å². The summed E-state index contributed by atoms with van der Waals surface area (Å²) in [6, 6.07) is 7.95. The molecule has 1 amide bonds. The Morgan fingerprint density at radius 1 is 1.19 bits per heavy atom. The normalized spacial score (nSPS) is 16.0. The summed E-state index contributed by atoms with van der Waals surface area (Å²) >= 11 is 0. The molecule has 1 aliphatic carbocycles. The van der Waals surface area contributed by atoms with Crippen LogP contribution in [0.2, 0.25) is 0 Å². The molecule has 1 aromatic rings. The Balaban J connectivity index is 1.73. The number of ether oxygens (including phenoxy) is 1. The van der Waals surface area contributed by atoms with Crippen molar-refractivity contribution in [2.75, 3.05) is 0 Å². The molecule has 1 aliphatic rings. The van der Waals surface area contributed by atoms with Crippen molar-refractivity contribution < 1.29 is 9.53 Å². The fourth-order valence-electron chi connectivity index (χ4n) is 2.88. The van der Waals surface area contributed by atoms with Gasteiger partial charge in [-0.05, 0) is 50.3 Å². The SMILES string of the molecule is CC(C)Oc1ccc(CNC(=O)CC2CCCCC2)cc1. The fourth-order valence-corrected chi connectivity index (χ4v) is 2.88. The Labute approximate surface area is 128 Å². The first-order valence-corrected chi connectivity index (χ1v) is 8.16. The summed E-state index contributed by atoms with van der Waals surface area (Å²) in [5.74, 6) is 1.66. The van der Waals surface area contributed by atoms with Crippen molar-refractivity contribution in [2.24, 2.45) is 5.92 Å². The van der Waals surface area contributed by atoms with Crippen molar-refractivity contribution in [3.05, 3.63) is 29.8 Å². The number of benzene rings is 1. The Morgan fingerprint density at radius 3 is 2.48 bits per heavy atom. The third kappa shape index (κ3) is 5.78. The van der Waals surface area contributed by atoms with E-state index in [-0.39, 0.29) is 12.0 Å². The monoisotopic (exact) mass is 289 g/mol. The summed E-state index contributed by atoms with van der Waals surface area (Å²) in [6.07, 6.45) is 7.22. The smallest absolute Gasteiger partial charge is 0.220 e. The van der Waals surface area contributed by atoms with Gasteiger partial charge in [0.15, 0.2) is 0 Å². The third-order valence-electron chi connectivity index (χ3n) is 3.98. The number of nitrogens with one attached hydrogen (secondary N) is 1. The molecular formula is C18H27NO2. The van der Waals surface area contributed by atoms with Crippen LogP contribution in [0.1, 0.15) is 57.9 Å². The lowest BCUT2D eigenvalue weighted by atomic mass is 9.87. The van der Waals surface area contributed by atoms with Crippen LogP contribution in [-0.4, -0.2) is 12.0 Å². The molecule has 0 heterocycles. The van der Waals surface area contributed by atoms with Gasteiger partial charge in [-0.3, -0.25) is 4.79 Å². The number of rotatable bonds is 6. The highest BCUT2D eigenvalue weighted by Crippen LogP contribution is 2.26. The van der Waals surface area contributed by atoms with Crippen LogP contribution in [0.25, 0.3) is 0 Å². The maximum atomic E-state index is 12.0. The zero-order chi connectivity index (χ0) is 15.1. The lowest BCUT2D eigenvalue weighted by Gasteiger charge is -2.20. The fraction of sp³-hybridized carbons (Fsp3) is 0.611. The van der Waals surface area contributed by atoms with Gasteiger partial charge in [0.05, 0.1) is 6.10 Å². The number of hydrogen-bond donors (Lipinski definition) is 1. The number of hydrogen-bond acceptors (Lipinski definition) is 2. The molecule has 1 aromatic carbocycles. The average molecular weight is 289 g/mol. The van der Waals surface area contributed by atoms with E-state index in [0.717, 1.165) is 11.3 Å². The van der Waals surface area contributed by atoms with E-state index in [9.17, 15) is 4.79 Å². The zero-order valence-corrected chi connectivity index (χ0v) is 13.2. The zero-order valence-electron chi connectivity index (χ0n) is 13.2. The predicted octanol–water partition coefficient (Wildman–Crippen LogP) is 4.06. The van der Waals surface area contributed by atoms with E-state index >= 15 is 0 Å². The topological polar surface area (TPSA) is 38.3 Å². The number of amides is 1. The summed E-state index contributed by atoms with van der Waals surface area (Å²) in [5, 5.41) is 3.03. The van der Waals surface area contributed by atoms with Crippen LogP contribution in [0.5, 0.6) is 5.75 Å². The van der Waals surface area contributed by atoms with E-state index in [1.54, 1.807) is 0 Å². The molecule has 1 saturated carbocycles. The van der Waals surface area contributed by atoms with Gasteiger partial charge in [0.2, 0.25) is 5.91 Å². The molecule has 0 spiro atoms. The average Bonchev–Trinajstić information content (AvgIpc) is 2.47. The van der Waals surface area contributed by atoms with Crippen LogP contribution in [-0.2, 0) is 11.3 Å². The van der Waals surface area contributed by atoms with E-state index < -0.39 is 0 Å². The second kappa shape index (κ2) is 8.06. The van der Waals surface area contributed by atoms with Crippen molar-refractivity contribution in [2.45, 2.75) is 65.0 Å². The van der Waals surface area contributed by atoms with Crippen molar-refractivity contribution in [1.29, 1.82) is 0 Å². The summed E-state index contributed by atoms with van der Waals surface area (Å²) in [6.45, 7) is 4.63. The molecule has 21 heavy (non-hydrogen) atoms. The van der Waals surface area contributed by atoms with Gasteiger partial charge in [-0.25, -0.2) is 0 Å². The maximum Gasteiger partial charge on any atom is 0.220 e. The first-order chi connectivity index (χ1) is 10.1. The van der Waals surface area contributed by atoms with Crippen molar-refractivity contribution >= 4 is 5.91 Å². The Morgan fingerprint density at radius 2 is 1.86 bits per heavy atom. The highest BCUT2D eigenvalue weighted by molar-refractivity contribution is 5.76. The second-order valence-electron chi connectivity index (χ2n) is 6.30. The molecule has 1 N–H and O–H groups in total. The quantitative estimate of drug-likeness (QED) is 0.857. The van der Waals surface area contributed by atoms with Crippen LogP contribution >= 0.6 is 0 Å². The molecule has 3 nitrogen and oxygen atoms in total. The van der Waals surface area contributed by atoms with E-state index in [1.165, 1.54) is 32.1 Å². The van der Waals surface area contributed by atoms with Crippen LogP contribution in [0.15, 0.2) is 24.3 Å². The van der Waals surface area contributed by atoms with E-state index in [4.69, 9.17) is 4.74 Å². The minimum atomic E-state index is 0.185. The molecule has 0 atom stereocenters. The van der Waals surface area contributed by atoms with Crippen LogP contribution in [0, 0.1) is 5.92 Å². The van der Waals surface area contributed by atoms with Crippen molar-refractivity contribution in [1.82, 2.24) is 5.32 Å². The van der Waals surface area contributed by atoms with Gasteiger partial charge in [0, 0.05) is 13.0 Å². The van der Waals surface area contributed by atoms with Crippen LogP contribution < -0.4 is 10.1 Å². The van der Waals surface area contributed by atoms with Gasteiger partial charge in [0.25, 0.3) is 0 Å². The largest absolute Gasteiger partial charge is 0.491 e. The van der Waals surface area contributed by atoms with E-state index in [1.807, 2.05) is 38.1 Å². The summed E-state index contributed by atoms with van der Waals surface area (Å²) in [5.41, 5.74) is 1.11. The second-order valence-corrected chi connectivity index (χ2v) is 6.30. The predicted molar refractivity (Wildman–Crippen MR) is 85.2 cm³/mol. The first kappa shape index (κ1) is 15.9. The molecule has 0 unspecified atom stereocenters. The molecule has 3 heteroatoms. The molecule has 1 fully saturated rings. The molecule has 2 rings (SSSR count). The first-order valence-electron chi connectivity index (χ1n) is 8.16. The van der Waals surface area contributed by atoms with E-state index in [2.05, 4.69) is 5.32 Å². The van der Waals surface area contributed by atoms with Gasteiger partial charge < -0.3 is 10.1 Å². The molecule has 0 radical (unpaired) electrons. The van der Waals surface area contributed by atoms with Gasteiger partial charge in [-0.15, -0.1) is 0 Å². The Kier molecular flexibility index (Phi) is 6.09. The van der Waals surface area contributed by atoms with Gasteiger partial charge in [-0.2, -0.15) is 0 Å². The maximum absolute atomic E-state index is 12.0. The van der Waals surface area contributed by atoms with Crippen molar-refractivity contribution in [3.8, 4) is 5.75 Å². The van der Waals surface area contributed by atoms with Crippen molar-refractivity contribution in [3.63, 3.8) is 0 Å². The Bertz CT molecular complexity index is 433. The molecule has 0 aliphatic heterocycles. The van der Waals surface area contributed by atoms with Gasteiger partial charge >= 0.3 is 0 Å². The summed E-state index contributed by atoms with van der Waals surface area (Å²) < 4.78 is 5.61. The standard InChI is InChI=1S/C18H27NO2/c1-14(2)21-17-10-8-16(9-11-17)13-19-18(20)12-15-6-4-3-5-7-15/h8-11,14-15H,3-7,12-13H2,1-2H3,(H,19,20). The van der Waals surface area contributed by atoms with Gasteiger partial charge in [0.1, 0.15) is 5.75 Å². The molecule has 116 valence electrons. The number of carbonyl (C=O) groups is 1. The van der Waals surface area contributed by atoms with Crippen LogP contribution in [0.4, 0.5) is 0 Å². The minimum absolute atomic E-state index is 0.185. The lowest BCUT2D eigenvalue weighted by molar-refractivity contribution is -0.122.